The molecule has 1 saturated heterocycles. The van der Waals surface area contributed by atoms with Crippen LogP contribution in [0.5, 0.6) is 5.75 Å². The van der Waals surface area contributed by atoms with Crippen molar-refractivity contribution in [3.63, 3.8) is 0 Å². The molecule has 3 heteroatoms. The normalized spacial score (nSPS) is 17.7. The first-order chi connectivity index (χ1) is 7.61. The number of phenolic OH excluding ortho intramolecular Hbond substituents is 1. The van der Waals surface area contributed by atoms with E-state index in [9.17, 15) is 5.11 Å². The van der Waals surface area contributed by atoms with Gasteiger partial charge in [0.1, 0.15) is 5.75 Å². The molecule has 1 aromatic carbocycles. The summed E-state index contributed by atoms with van der Waals surface area (Å²) in [6.07, 6.45) is 2.23. The quantitative estimate of drug-likeness (QED) is 0.829. The lowest BCUT2D eigenvalue weighted by Crippen LogP contribution is -2.27. The van der Waals surface area contributed by atoms with Gasteiger partial charge in [-0.3, -0.25) is 0 Å². The van der Waals surface area contributed by atoms with E-state index in [1.807, 2.05) is 6.07 Å². The lowest BCUT2D eigenvalue weighted by atomic mass is 9.85. The molecule has 88 valence electrons. The fraction of sp³-hybridized carbons (Fsp3) is 0.538. The van der Waals surface area contributed by atoms with E-state index in [1.54, 1.807) is 0 Å². The van der Waals surface area contributed by atoms with Crippen LogP contribution in [0.2, 0.25) is 0 Å². The number of benzene rings is 1. The van der Waals surface area contributed by atoms with E-state index >= 15 is 0 Å². The van der Waals surface area contributed by atoms with Crippen LogP contribution >= 0.6 is 15.9 Å². The van der Waals surface area contributed by atoms with Crippen LogP contribution in [0.1, 0.15) is 35.4 Å². The molecular weight excluding hydrogens is 266 g/mol. The molecule has 1 aromatic rings. The minimum absolute atomic E-state index is 0.440. The minimum atomic E-state index is 0.440. The number of hydrogen-bond donors (Lipinski definition) is 2. The Balaban J connectivity index is 2.45. The van der Waals surface area contributed by atoms with Gasteiger partial charge in [-0.2, -0.15) is 0 Å². The topological polar surface area (TPSA) is 32.3 Å². The van der Waals surface area contributed by atoms with E-state index in [-0.39, 0.29) is 0 Å². The first kappa shape index (κ1) is 11.9. The average molecular weight is 284 g/mol. The van der Waals surface area contributed by atoms with Gasteiger partial charge < -0.3 is 10.4 Å². The zero-order valence-electron chi connectivity index (χ0n) is 9.81. The Morgan fingerprint density at radius 2 is 1.94 bits per heavy atom. The zero-order chi connectivity index (χ0) is 11.7. The molecule has 0 spiro atoms. The molecule has 1 fully saturated rings. The van der Waals surface area contributed by atoms with E-state index in [0.717, 1.165) is 36.0 Å². The van der Waals surface area contributed by atoms with Crippen LogP contribution in [0.4, 0.5) is 0 Å². The minimum Gasteiger partial charge on any atom is -0.506 e. The van der Waals surface area contributed by atoms with Crippen molar-refractivity contribution in [3.8, 4) is 5.75 Å². The average Bonchev–Trinajstić information content (AvgIpc) is 2.28. The second-order valence-corrected chi connectivity index (χ2v) is 5.44. The molecule has 0 radical (unpaired) electrons. The lowest BCUT2D eigenvalue weighted by Gasteiger charge is -2.26. The molecule has 0 aromatic heterocycles. The maximum Gasteiger partial charge on any atom is 0.133 e. The number of aryl methyl sites for hydroxylation is 1. The van der Waals surface area contributed by atoms with Crippen LogP contribution < -0.4 is 5.32 Å². The van der Waals surface area contributed by atoms with Crippen LogP contribution in [-0.4, -0.2) is 18.2 Å². The first-order valence-electron chi connectivity index (χ1n) is 5.80. The van der Waals surface area contributed by atoms with Crippen LogP contribution in [0.15, 0.2) is 10.5 Å². The fourth-order valence-electron chi connectivity index (χ4n) is 2.50. The monoisotopic (exact) mass is 283 g/mol. The van der Waals surface area contributed by atoms with E-state index in [1.165, 1.54) is 11.1 Å². The third-order valence-corrected chi connectivity index (χ3v) is 4.17. The summed E-state index contributed by atoms with van der Waals surface area (Å²) in [5, 5.41) is 13.5. The Bertz CT molecular complexity index is 371. The van der Waals surface area contributed by atoms with Crippen LogP contribution in [0, 0.1) is 13.8 Å². The SMILES string of the molecule is Cc1cc(Br)c(O)c(C2CCNCC2)c1C. The smallest absolute Gasteiger partial charge is 0.133 e. The maximum atomic E-state index is 10.2. The van der Waals surface area contributed by atoms with Crippen LogP contribution in [-0.2, 0) is 0 Å². The second-order valence-electron chi connectivity index (χ2n) is 4.59. The van der Waals surface area contributed by atoms with Crippen LogP contribution in [0.25, 0.3) is 0 Å². The maximum absolute atomic E-state index is 10.2. The molecule has 16 heavy (non-hydrogen) atoms. The van der Waals surface area contributed by atoms with Crippen LogP contribution in [0.3, 0.4) is 0 Å². The largest absolute Gasteiger partial charge is 0.506 e. The van der Waals surface area contributed by atoms with Gasteiger partial charge in [-0.25, -0.2) is 0 Å². The number of rotatable bonds is 1. The summed E-state index contributed by atoms with van der Waals surface area (Å²) in [6.45, 7) is 6.31. The van der Waals surface area contributed by atoms with Gasteiger partial charge in [-0.15, -0.1) is 0 Å². The number of piperidine rings is 1. The number of phenols is 1. The van der Waals surface area contributed by atoms with E-state index < -0.39 is 0 Å². The Morgan fingerprint density at radius 3 is 2.56 bits per heavy atom. The van der Waals surface area contributed by atoms with Crippen molar-refractivity contribution in [1.29, 1.82) is 0 Å². The number of halogens is 1. The van der Waals surface area contributed by atoms with Crippen molar-refractivity contribution in [2.45, 2.75) is 32.6 Å². The molecule has 0 bridgehead atoms. The molecule has 1 aliphatic rings. The van der Waals surface area contributed by atoms with Crippen molar-refractivity contribution in [2.24, 2.45) is 0 Å². The van der Waals surface area contributed by atoms with Crippen molar-refractivity contribution < 1.29 is 5.11 Å². The van der Waals surface area contributed by atoms with Gasteiger partial charge in [0.15, 0.2) is 0 Å². The summed E-state index contributed by atoms with van der Waals surface area (Å²) in [5.74, 6) is 0.937. The predicted molar refractivity (Wildman–Crippen MR) is 70.1 cm³/mol. The number of hydrogen-bond acceptors (Lipinski definition) is 2. The molecule has 1 aliphatic heterocycles. The first-order valence-corrected chi connectivity index (χ1v) is 6.60. The van der Waals surface area contributed by atoms with Crippen molar-refractivity contribution in [1.82, 2.24) is 5.32 Å². The summed E-state index contributed by atoms with van der Waals surface area (Å²) in [4.78, 5) is 0. The summed E-state index contributed by atoms with van der Waals surface area (Å²) in [7, 11) is 0. The number of aromatic hydroxyl groups is 1. The van der Waals surface area contributed by atoms with Gasteiger partial charge >= 0.3 is 0 Å². The predicted octanol–water partition coefficient (Wildman–Crippen LogP) is 3.24. The van der Waals surface area contributed by atoms with Gasteiger partial charge in [-0.1, -0.05) is 0 Å². The van der Waals surface area contributed by atoms with Crippen molar-refractivity contribution >= 4 is 15.9 Å². The second kappa shape index (κ2) is 4.76. The standard InChI is InChI=1S/C13H18BrNO/c1-8-7-11(14)13(16)12(9(8)2)10-3-5-15-6-4-10/h7,10,15-16H,3-6H2,1-2H3. The summed E-state index contributed by atoms with van der Waals surface area (Å²) >= 11 is 3.43. The van der Waals surface area contributed by atoms with Gasteiger partial charge in [-0.05, 0) is 78.8 Å². The highest BCUT2D eigenvalue weighted by atomic mass is 79.9. The molecule has 0 aliphatic carbocycles. The van der Waals surface area contributed by atoms with E-state index in [0.29, 0.717) is 11.7 Å². The molecule has 0 unspecified atom stereocenters. The Hall–Kier alpha value is -0.540. The van der Waals surface area contributed by atoms with Crippen molar-refractivity contribution in [2.75, 3.05) is 13.1 Å². The lowest BCUT2D eigenvalue weighted by molar-refractivity contribution is 0.421. The molecule has 2 N–H and O–H groups in total. The molecule has 2 nitrogen and oxygen atoms in total. The highest BCUT2D eigenvalue weighted by Crippen LogP contribution is 2.40. The Morgan fingerprint density at radius 1 is 1.31 bits per heavy atom. The zero-order valence-corrected chi connectivity index (χ0v) is 11.4. The molecule has 1 heterocycles. The third kappa shape index (κ3) is 2.11. The highest BCUT2D eigenvalue weighted by Gasteiger charge is 2.22. The van der Waals surface area contributed by atoms with Crippen molar-refractivity contribution in [3.05, 3.63) is 27.2 Å². The number of nitrogens with one attached hydrogen (secondary N) is 1. The summed E-state index contributed by atoms with van der Waals surface area (Å²) < 4.78 is 0.823. The Labute approximate surface area is 105 Å². The Kier molecular flexibility index (Phi) is 3.55. The van der Waals surface area contributed by atoms with Gasteiger partial charge in [0.25, 0.3) is 0 Å². The highest BCUT2D eigenvalue weighted by molar-refractivity contribution is 9.10. The summed E-state index contributed by atoms with van der Waals surface area (Å²) in [5.41, 5.74) is 3.64. The fourth-order valence-corrected chi connectivity index (χ4v) is 3.05. The van der Waals surface area contributed by atoms with Gasteiger partial charge in [0.2, 0.25) is 0 Å². The molecule has 0 amide bonds. The molecular formula is C13H18BrNO. The summed E-state index contributed by atoms with van der Waals surface area (Å²) in [6, 6.07) is 2.00. The van der Waals surface area contributed by atoms with E-state index in [4.69, 9.17) is 0 Å². The van der Waals surface area contributed by atoms with Gasteiger partial charge in [0.05, 0.1) is 4.47 Å². The van der Waals surface area contributed by atoms with E-state index in [2.05, 4.69) is 35.1 Å². The molecule has 0 atom stereocenters. The molecule has 0 saturated carbocycles. The van der Waals surface area contributed by atoms with Gasteiger partial charge in [0, 0.05) is 5.56 Å². The molecule has 2 rings (SSSR count). The third-order valence-electron chi connectivity index (χ3n) is 3.57.